The van der Waals surface area contributed by atoms with Crippen molar-refractivity contribution < 1.29 is 9.47 Å². The van der Waals surface area contributed by atoms with Crippen LogP contribution in [-0.2, 0) is 4.74 Å². The van der Waals surface area contributed by atoms with Crippen LogP contribution >= 0.6 is 11.8 Å². The van der Waals surface area contributed by atoms with Gasteiger partial charge in [0.15, 0.2) is 0 Å². The number of ether oxygens (including phenoxy) is 2. The third-order valence-corrected chi connectivity index (χ3v) is 4.88. The molecule has 2 heterocycles. The van der Waals surface area contributed by atoms with E-state index in [0.717, 1.165) is 25.2 Å². The van der Waals surface area contributed by atoms with Crippen LogP contribution in [0, 0.1) is 0 Å². The van der Waals surface area contributed by atoms with Crippen molar-refractivity contribution in [3.8, 4) is 5.75 Å². The molecule has 1 aromatic carbocycles. The van der Waals surface area contributed by atoms with Crippen LogP contribution < -0.4 is 4.74 Å². The molecule has 2 saturated heterocycles. The highest BCUT2D eigenvalue weighted by molar-refractivity contribution is 7.99. The van der Waals surface area contributed by atoms with E-state index in [9.17, 15) is 0 Å². The van der Waals surface area contributed by atoms with Gasteiger partial charge < -0.3 is 9.47 Å². The molecule has 0 amide bonds. The SMILES string of the molecule is c1ccc(OC2CCOC3(CCSCC3)C2)cc1. The second kappa shape index (κ2) is 5.54. The molecule has 0 bridgehead atoms. The van der Waals surface area contributed by atoms with Crippen LogP contribution in [0.5, 0.6) is 5.75 Å². The van der Waals surface area contributed by atoms with Gasteiger partial charge in [0.2, 0.25) is 0 Å². The number of hydrogen-bond acceptors (Lipinski definition) is 3. The van der Waals surface area contributed by atoms with E-state index in [0.29, 0.717) is 6.10 Å². The average molecular weight is 264 g/mol. The smallest absolute Gasteiger partial charge is 0.119 e. The summed E-state index contributed by atoms with van der Waals surface area (Å²) < 4.78 is 12.2. The van der Waals surface area contributed by atoms with E-state index in [1.165, 1.54) is 24.3 Å². The highest BCUT2D eigenvalue weighted by Crippen LogP contribution is 2.38. The number of para-hydroxylation sites is 1. The molecular weight excluding hydrogens is 244 g/mol. The molecule has 0 saturated carbocycles. The zero-order chi connectivity index (χ0) is 12.3. The minimum Gasteiger partial charge on any atom is -0.490 e. The van der Waals surface area contributed by atoms with E-state index >= 15 is 0 Å². The second-order valence-corrected chi connectivity index (χ2v) is 6.41. The van der Waals surface area contributed by atoms with E-state index in [2.05, 4.69) is 0 Å². The lowest BCUT2D eigenvalue weighted by Gasteiger charge is -2.43. The summed E-state index contributed by atoms with van der Waals surface area (Å²) in [5.41, 5.74) is 0.114. The first kappa shape index (κ1) is 12.4. The largest absolute Gasteiger partial charge is 0.490 e. The molecule has 2 fully saturated rings. The van der Waals surface area contributed by atoms with Gasteiger partial charge in [-0.05, 0) is 36.5 Å². The predicted molar refractivity (Wildman–Crippen MR) is 75.3 cm³/mol. The first-order valence-corrected chi connectivity index (χ1v) is 7.95. The fourth-order valence-electron chi connectivity index (χ4n) is 2.87. The molecule has 2 aliphatic heterocycles. The minimum absolute atomic E-state index is 0.114. The molecule has 0 radical (unpaired) electrons. The van der Waals surface area contributed by atoms with Gasteiger partial charge in [0.25, 0.3) is 0 Å². The molecule has 3 heteroatoms. The van der Waals surface area contributed by atoms with Crippen molar-refractivity contribution in [2.24, 2.45) is 0 Å². The van der Waals surface area contributed by atoms with Gasteiger partial charge in [0, 0.05) is 12.8 Å². The van der Waals surface area contributed by atoms with Crippen LogP contribution in [0.15, 0.2) is 30.3 Å². The van der Waals surface area contributed by atoms with Crippen molar-refractivity contribution >= 4 is 11.8 Å². The Labute approximate surface area is 113 Å². The summed E-state index contributed by atoms with van der Waals surface area (Å²) in [6.07, 6.45) is 4.77. The fourth-order valence-corrected chi connectivity index (χ4v) is 4.10. The molecule has 1 aromatic rings. The summed E-state index contributed by atoms with van der Waals surface area (Å²) in [6, 6.07) is 10.2. The minimum atomic E-state index is 0.114. The molecule has 18 heavy (non-hydrogen) atoms. The topological polar surface area (TPSA) is 18.5 Å². The summed E-state index contributed by atoms with van der Waals surface area (Å²) in [7, 11) is 0. The molecule has 3 rings (SSSR count). The number of rotatable bonds is 2. The third kappa shape index (κ3) is 2.83. The summed E-state index contributed by atoms with van der Waals surface area (Å²) in [5, 5.41) is 0. The summed E-state index contributed by atoms with van der Waals surface area (Å²) in [4.78, 5) is 0. The van der Waals surface area contributed by atoms with Gasteiger partial charge in [-0.3, -0.25) is 0 Å². The van der Waals surface area contributed by atoms with Crippen LogP contribution in [0.25, 0.3) is 0 Å². The van der Waals surface area contributed by atoms with Gasteiger partial charge >= 0.3 is 0 Å². The Kier molecular flexibility index (Phi) is 3.80. The first-order chi connectivity index (χ1) is 8.86. The molecular formula is C15H20O2S. The van der Waals surface area contributed by atoms with Crippen LogP contribution in [-0.4, -0.2) is 29.8 Å². The van der Waals surface area contributed by atoms with Gasteiger partial charge in [0.05, 0.1) is 12.2 Å². The maximum atomic E-state index is 6.10. The van der Waals surface area contributed by atoms with Crippen molar-refractivity contribution in [1.82, 2.24) is 0 Å². The van der Waals surface area contributed by atoms with Crippen molar-refractivity contribution in [2.45, 2.75) is 37.4 Å². The molecule has 1 unspecified atom stereocenters. The highest BCUT2D eigenvalue weighted by atomic mass is 32.2. The highest BCUT2D eigenvalue weighted by Gasteiger charge is 2.39. The molecule has 0 aliphatic carbocycles. The molecule has 0 N–H and O–H groups in total. The average Bonchev–Trinajstić information content (AvgIpc) is 2.41. The normalized spacial score (nSPS) is 27.0. The molecule has 98 valence electrons. The Bertz CT molecular complexity index is 368. The van der Waals surface area contributed by atoms with E-state index in [1.54, 1.807) is 0 Å². The molecule has 1 spiro atoms. The summed E-state index contributed by atoms with van der Waals surface area (Å²) >= 11 is 2.05. The molecule has 0 aromatic heterocycles. The van der Waals surface area contributed by atoms with Crippen LogP contribution in [0.1, 0.15) is 25.7 Å². The quantitative estimate of drug-likeness (QED) is 0.814. The Balaban J connectivity index is 1.63. The van der Waals surface area contributed by atoms with Gasteiger partial charge in [-0.15, -0.1) is 0 Å². The molecule has 2 aliphatic rings. The van der Waals surface area contributed by atoms with Crippen molar-refractivity contribution in [3.63, 3.8) is 0 Å². The maximum absolute atomic E-state index is 6.10. The van der Waals surface area contributed by atoms with E-state index in [4.69, 9.17) is 9.47 Å². The Morgan fingerprint density at radius 2 is 1.94 bits per heavy atom. The zero-order valence-electron chi connectivity index (χ0n) is 10.6. The van der Waals surface area contributed by atoms with Crippen LogP contribution in [0.3, 0.4) is 0 Å². The second-order valence-electron chi connectivity index (χ2n) is 5.19. The van der Waals surface area contributed by atoms with E-state index in [1.807, 2.05) is 42.1 Å². The summed E-state index contributed by atoms with van der Waals surface area (Å²) in [5.74, 6) is 3.46. The van der Waals surface area contributed by atoms with E-state index < -0.39 is 0 Å². The zero-order valence-corrected chi connectivity index (χ0v) is 11.5. The third-order valence-electron chi connectivity index (χ3n) is 3.90. The maximum Gasteiger partial charge on any atom is 0.119 e. The van der Waals surface area contributed by atoms with Gasteiger partial charge in [-0.2, -0.15) is 11.8 Å². The van der Waals surface area contributed by atoms with Crippen LogP contribution in [0.4, 0.5) is 0 Å². The number of hydrogen-bond donors (Lipinski definition) is 0. The fraction of sp³-hybridized carbons (Fsp3) is 0.600. The molecule has 2 nitrogen and oxygen atoms in total. The number of benzene rings is 1. The van der Waals surface area contributed by atoms with Crippen molar-refractivity contribution in [2.75, 3.05) is 18.1 Å². The van der Waals surface area contributed by atoms with Gasteiger partial charge in [0.1, 0.15) is 11.9 Å². The van der Waals surface area contributed by atoms with Gasteiger partial charge in [-0.1, -0.05) is 18.2 Å². The lowest BCUT2D eigenvalue weighted by Crippen LogP contribution is -2.46. The van der Waals surface area contributed by atoms with Crippen molar-refractivity contribution in [1.29, 1.82) is 0 Å². The standard InChI is InChI=1S/C15H20O2S/c1-2-4-13(5-3-1)17-14-6-9-16-15(12-14)7-10-18-11-8-15/h1-5,14H,6-12H2. The lowest BCUT2D eigenvalue weighted by molar-refractivity contribution is -0.116. The Morgan fingerprint density at radius 1 is 1.17 bits per heavy atom. The Morgan fingerprint density at radius 3 is 2.72 bits per heavy atom. The monoisotopic (exact) mass is 264 g/mol. The summed E-state index contributed by atoms with van der Waals surface area (Å²) in [6.45, 7) is 0.849. The predicted octanol–water partition coefficient (Wildman–Crippen LogP) is 3.51. The first-order valence-electron chi connectivity index (χ1n) is 6.80. The van der Waals surface area contributed by atoms with E-state index in [-0.39, 0.29) is 5.60 Å². The van der Waals surface area contributed by atoms with Crippen LogP contribution in [0.2, 0.25) is 0 Å². The molecule has 1 atom stereocenters. The Hall–Kier alpha value is -0.670. The van der Waals surface area contributed by atoms with Gasteiger partial charge in [-0.25, -0.2) is 0 Å². The lowest BCUT2D eigenvalue weighted by atomic mass is 9.86. The van der Waals surface area contributed by atoms with Crippen molar-refractivity contribution in [3.05, 3.63) is 30.3 Å². The number of thioether (sulfide) groups is 1.